The summed E-state index contributed by atoms with van der Waals surface area (Å²) in [5, 5.41) is 4.88. The first-order valence-electron chi connectivity index (χ1n) is 6.77. The second kappa shape index (κ2) is 7.12. The highest BCUT2D eigenvalue weighted by Crippen LogP contribution is 2.21. The van der Waals surface area contributed by atoms with Crippen LogP contribution in [0.2, 0.25) is 10.0 Å². The van der Waals surface area contributed by atoms with Gasteiger partial charge in [-0.2, -0.15) is 0 Å². The molecule has 0 aromatic heterocycles. The van der Waals surface area contributed by atoms with E-state index in [2.05, 4.69) is 37.4 Å². The van der Waals surface area contributed by atoms with Crippen molar-refractivity contribution in [2.45, 2.75) is 26.8 Å². The molecule has 0 heterocycles. The summed E-state index contributed by atoms with van der Waals surface area (Å²) < 4.78 is 0. The molecule has 0 fully saturated rings. The van der Waals surface area contributed by atoms with Crippen molar-refractivity contribution in [2.24, 2.45) is 0 Å². The Hall–Kier alpha value is -1.02. The Morgan fingerprint density at radius 2 is 1.70 bits per heavy atom. The summed E-state index contributed by atoms with van der Waals surface area (Å²) in [7, 11) is 0. The molecule has 2 aromatic carbocycles. The highest BCUT2D eigenvalue weighted by molar-refractivity contribution is 6.35. The molecule has 0 bridgehead atoms. The number of benzene rings is 2. The Kier molecular flexibility index (Phi) is 5.47. The molecule has 0 spiro atoms. The van der Waals surface area contributed by atoms with E-state index in [0.29, 0.717) is 5.02 Å². The lowest BCUT2D eigenvalue weighted by Crippen LogP contribution is -2.17. The van der Waals surface area contributed by atoms with E-state index in [1.54, 1.807) is 6.07 Å². The van der Waals surface area contributed by atoms with Gasteiger partial charge in [0.15, 0.2) is 0 Å². The zero-order valence-corrected chi connectivity index (χ0v) is 13.4. The molecule has 2 rings (SSSR count). The Bertz CT molecular complexity index is 540. The van der Waals surface area contributed by atoms with Crippen LogP contribution < -0.4 is 5.32 Å². The van der Waals surface area contributed by atoms with Gasteiger partial charge in [0.1, 0.15) is 0 Å². The number of aryl methyl sites for hydroxylation is 2. The van der Waals surface area contributed by atoms with Gasteiger partial charge in [-0.3, -0.25) is 0 Å². The fourth-order valence-electron chi connectivity index (χ4n) is 2.21. The highest BCUT2D eigenvalue weighted by Gasteiger charge is 2.02. The van der Waals surface area contributed by atoms with Crippen LogP contribution in [0.25, 0.3) is 0 Å². The van der Waals surface area contributed by atoms with Gasteiger partial charge in [0.25, 0.3) is 0 Å². The molecule has 3 heteroatoms. The Balaban J connectivity index is 1.84. The van der Waals surface area contributed by atoms with E-state index in [9.17, 15) is 0 Å². The van der Waals surface area contributed by atoms with Gasteiger partial charge in [-0.15, -0.1) is 0 Å². The van der Waals surface area contributed by atoms with Crippen LogP contribution in [0.1, 0.15) is 22.3 Å². The summed E-state index contributed by atoms with van der Waals surface area (Å²) in [5.74, 6) is 0. The molecule has 0 amide bonds. The summed E-state index contributed by atoms with van der Waals surface area (Å²) in [6, 6.07) is 12.2. The summed E-state index contributed by atoms with van der Waals surface area (Å²) >= 11 is 12.0. The van der Waals surface area contributed by atoms with Gasteiger partial charge in [0, 0.05) is 16.6 Å². The Morgan fingerprint density at radius 3 is 2.40 bits per heavy atom. The summed E-state index contributed by atoms with van der Waals surface area (Å²) in [6.07, 6.45) is 0.904. The van der Waals surface area contributed by atoms with E-state index in [4.69, 9.17) is 23.2 Å². The van der Waals surface area contributed by atoms with Crippen molar-refractivity contribution in [3.63, 3.8) is 0 Å². The molecule has 20 heavy (non-hydrogen) atoms. The van der Waals surface area contributed by atoms with Crippen LogP contribution in [0.4, 0.5) is 0 Å². The average Bonchev–Trinajstić information content (AvgIpc) is 2.39. The lowest BCUT2D eigenvalue weighted by atomic mass is 10.1. The van der Waals surface area contributed by atoms with Crippen LogP contribution in [-0.4, -0.2) is 6.54 Å². The molecule has 0 aliphatic carbocycles. The van der Waals surface area contributed by atoms with Crippen molar-refractivity contribution < 1.29 is 0 Å². The molecule has 0 aliphatic heterocycles. The minimum Gasteiger partial charge on any atom is -0.312 e. The Labute approximate surface area is 130 Å². The molecule has 0 unspecified atom stereocenters. The van der Waals surface area contributed by atoms with Crippen molar-refractivity contribution >= 4 is 23.2 Å². The molecule has 2 aromatic rings. The largest absolute Gasteiger partial charge is 0.312 e. The minimum absolute atomic E-state index is 0.682. The minimum atomic E-state index is 0.682. The highest BCUT2D eigenvalue weighted by atomic mass is 35.5. The molecular weight excluding hydrogens is 289 g/mol. The monoisotopic (exact) mass is 307 g/mol. The average molecular weight is 308 g/mol. The quantitative estimate of drug-likeness (QED) is 0.771. The third kappa shape index (κ3) is 4.24. The predicted octanol–water partition coefficient (Wildman–Crippen LogP) is 4.94. The molecular formula is C17H19Cl2N. The summed E-state index contributed by atoms with van der Waals surface area (Å²) in [5.41, 5.74) is 5.11. The number of rotatable bonds is 5. The van der Waals surface area contributed by atoms with Crippen LogP contribution in [0.3, 0.4) is 0 Å². The van der Waals surface area contributed by atoms with Crippen LogP contribution in [0.5, 0.6) is 0 Å². The van der Waals surface area contributed by atoms with E-state index >= 15 is 0 Å². The first kappa shape index (κ1) is 15.4. The maximum atomic E-state index is 6.16. The van der Waals surface area contributed by atoms with Gasteiger partial charge in [-0.25, -0.2) is 0 Å². The molecule has 0 saturated carbocycles. The van der Waals surface area contributed by atoms with Crippen molar-refractivity contribution in [3.05, 3.63) is 68.7 Å². The number of hydrogen-bond acceptors (Lipinski definition) is 1. The third-order valence-corrected chi connectivity index (χ3v) is 3.99. The van der Waals surface area contributed by atoms with E-state index in [-0.39, 0.29) is 0 Å². The van der Waals surface area contributed by atoms with Gasteiger partial charge in [-0.1, -0.05) is 53.0 Å². The standard InChI is InChI=1S/C17H19Cl2N/c1-12-3-4-15(13(2)9-12)11-20-8-7-14-5-6-16(18)10-17(14)19/h3-6,9-10,20H,7-8,11H2,1-2H3. The second-order valence-electron chi connectivity index (χ2n) is 5.09. The maximum Gasteiger partial charge on any atom is 0.0453 e. The van der Waals surface area contributed by atoms with Gasteiger partial charge >= 0.3 is 0 Å². The molecule has 0 saturated heterocycles. The third-order valence-electron chi connectivity index (χ3n) is 3.40. The molecule has 106 valence electrons. The molecule has 1 nitrogen and oxygen atoms in total. The SMILES string of the molecule is Cc1ccc(CNCCc2ccc(Cl)cc2Cl)c(C)c1. The fourth-order valence-corrected chi connectivity index (χ4v) is 2.72. The van der Waals surface area contributed by atoms with E-state index in [0.717, 1.165) is 30.1 Å². The van der Waals surface area contributed by atoms with Gasteiger partial charge in [0.05, 0.1) is 0 Å². The number of halogens is 2. The van der Waals surface area contributed by atoms with Crippen molar-refractivity contribution in [1.29, 1.82) is 0 Å². The topological polar surface area (TPSA) is 12.0 Å². The van der Waals surface area contributed by atoms with Crippen LogP contribution in [0, 0.1) is 13.8 Å². The smallest absolute Gasteiger partial charge is 0.0453 e. The van der Waals surface area contributed by atoms with Gasteiger partial charge in [0.2, 0.25) is 0 Å². The number of hydrogen-bond donors (Lipinski definition) is 1. The molecule has 0 atom stereocenters. The molecule has 0 aliphatic rings. The second-order valence-corrected chi connectivity index (χ2v) is 5.94. The van der Waals surface area contributed by atoms with E-state index in [1.807, 2.05) is 12.1 Å². The predicted molar refractivity (Wildman–Crippen MR) is 87.8 cm³/mol. The van der Waals surface area contributed by atoms with Crippen LogP contribution in [-0.2, 0) is 13.0 Å². The van der Waals surface area contributed by atoms with E-state index in [1.165, 1.54) is 16.7 Å². The van der Waals surface area contributed by atoms with Crippen molar-refractivity contribution in [3.8, 4) is 0 Å². The summed E-state index contributed by atoms with van der Waals surface area (Å²) in [6.45, 7) is 6.05. The fraction of sp³-hybridized carbons (Fsp3) is 0.294. The normalized spacial score (nSPS) is 10.8. The zero-order chi connectivity index (χ0) is 14.5. The van der Waals surface area contributed by atoms with Crippen molar-refractivity contribution in [2.75, 3.05) is 6.54 Å². The summed E-state index contributed by atoms with van der Waals surface area (Å²) in [4.78, 5) is 0. The Morgan fingerprint density at radius 1 is 0.950 bits per heavy atom. The van der Waals surface area contributed by atoms with Crippen LogP contribution in [0.15, 0.2) is 36.4 Å². The maximum absolute atomic E-state index is 6.16. The lowest BCUT2D eigenvalue weighted by molar-refractivity contribution is 0.684. The van der Waals surface area contributed by atoms with Crippen molar-refractivity contribution in [1.82, 2.24) is 5.32 Å². The zero-order valence-electron chi connectivity index (χ0n) is 11.8. The van der Waals surface area contributed by atoms with Crippen LogP contribution >= 0.6 is 23.2 Å². The first-order chi connectivity index (χ1) is 9.56. The lowest BCUT2D eigenvalue weighted by Gasteiger charge is -2.09. The van der Waals surface area contributed by atoms with E-state index < -0.39 is 0 Å². The first-order valence-corrected chi connectivity index (χ1v) is 7.52. The molecule has 0 radical (unpaired) electrons. The van der Waals surface area contributed by atoms with Gasteiger partial charge < -0.3 is 5.32 Å². The molecule has 1 N–H and O–H groups in total. The van der Waals surface area contributed by atoms with Gasteiger partial charge in [-0.05, 0) is 55.6 Å². The number of nitrogens with one attached hydrogen (secondary N) is 1.